The molecule has 3 aromatic rings. The van der Waals surface area contributed by atoms with Crippen LogP contribution in [0.4, 0.5) is 0 Å². The minimum absolute atomic E-state index is 0.630. The van der Waals surface area contributed by atoms with Gasteiger partial charge in [-0.15, -0.1) is 0 Å². The van der Waals surface area contributed by atoms with Gasteiger partial charge in [0, 0.05) is 29.8 Å². The lowest BCUT2D eigenvalue weighted by molar-refractivity contribution is 0.368. The van der Waals surface area contributed by atoms with Crippen molar-refractivity contribution in [2.45, 2.75) is 26.7 Å². The summed E-state index contributed by atoms with van der Waals surface area (Å²) in [6, 6.07) is 3.88. The largest absolute Gasteiger partial charge is 0.346 e. The van der Waals surface area contributed by atoms with Crippen LogP contribution in [0.15, 0.2) is 29.0 Å². The molecule has 0 aliphatic carbocycles. The number of hydrogen-bond acceptors (Lipinski definition) is 4. The van der Waals surface area contributed by atoms with Crippen molar-refractivity contribution in [1.82, 2.24) is 20.1 Å². The molecular formula is C14H16N4O. The first-order chi connectivity index (χ1) is 9.24. The average molecular weight is 256 g/mol. The van der Waals surface area contributed by atoms with E-state index in [2.05, 4.69) is 34.0 Å². The lowest BCUT2D eigenvalue weighted by Gasteiger charge is -1.98. The molecule has 0 bridgehead atoms. The highest BCUT2D eigenvalue weighted by molar-refractivity contribution is 5.90. The van der Waals surface area contributed by atoms with Gasteiger partial charge in [-0.2, -0.15) is 4.98 Å². The molecule has 0 radical (unpaired) electrons. The molecule has 1 N–H and O–H groups in total. The maximum Gasteiger partial charge on any atom is 0.226 e. The van der Waals surface area contributed by atoms with Crippen molar-refractivity contribution < 1.29 is 4.52 Å². The van der Waals surface area contributed by atoms with E-state index in [9.17, 15) is 0 Å². The zero-order chi connectivity index (χ0) is 13.2. The van der Waals surface area contributed by atoms with E-state index >= 15 is 0 Å². The smallest absolute Gasteiger partial charge is 0.226 e. The fraction of sp³-hybridized carbons (Fsp3) is 0.357. The predicted octanol–water partition coefficient (Wildman–Crippen LogP) is 3.20. The molecule has 0 saturated carbocycles. The number of hydrogen-bond donors (Lipinski definition) is 1. The third-order valence-electron chi connectivity index (χ3n) is 3.10. The van der Waals surface area contributed by atoms with Gasteiger partial charge in [-0.3, -0.25) is 0 Å². The van der Waals surface area contributed by atoms with Crippen LogP contribution in [-0.2, 0) is 6.42 Å². The van der Waals surface area contributed by atoms with Crippen LogP contribution in [0, 0.1) is 5.92 Å². The minimum Gasteiger partial charge on any atom is -0.346 e. The van der Waals surface area contributed by atoms with Gasteiger partial charge in [-0.1, -0.05) is 19.0 Å². The van der Waals surface area contributed by atoms with Crippen LogP contribution in [0.1, 0.15) is 26.2 Å². The maximum absolute atomic E-state index is 5.30. The summed E-state index contributed by atoms with van der Waals surface area (Å²) in [5, 5.41) is 5.08. The number of aromatic nitrogens is 4. The Morgan fingerprint density at radius 3 is 3.05 bits per heavy atom. The quantitative estimate of drug-likeness (QED) is 0.778. The van der Waals surface area contributed by atoms with Crippen LogP contribution in [0.5, 0.6) is 0 Å². The van der Waals surface area contributed by atoms with Gasteiger partial charge in [0.25, 0.3) is 0 Å². The van der Waals surface area contributed by atoms with Gasteiger partial charge < -0.3 is 9.51 Å². The van der Waals surface area contributed by atoms with Gasteiger partial charge in [0.15, 0.2) is 0 Å². The molecule has 3 heterocycles. The van der Waals surface area contributed by atoms with E-state index in [0.717, 1.165) is 29.4 Å². The Bertz CT molecular complexity index is 683. The van der Waals surface area contributed by atoms with E-state index in [1.807, 2.05) is 18.3 Å². The fourth-order valence-corrected chi connectivity index (χ4v) is 2.03. The zero-order valence-corrected chi connectivity index (χ0v) is 11.1. The Labute approximate surface area is 111 Å². The first kappa shape index (κ1) is 11.9. The molecule has 0 atom stereocenters. The number of fused-ring (bicyclic) bond motifs is 1. The first-order valence-corrected chi connectivity index (χ1v) is 6.49. The van der Waals surface area contributed by atoms with Crippen LogP contribution in [0.3, 0.4) is 0 Å². The molecule has 0 amide bonds. The van der Waals surface area contributed by atoms with Crippen LogP contribution < -0.4 is 0 Å². The lowest BCUT2D eigenvalue weighted by Crippen LogP contribution is -1.92. The van der Waals surface area contributed by atoms with Gasteiger partial charge in [0.05, 0.1) is 0 Å². The van der Waals surface area contributed by atoms with Gasteiger partial charge in [-0.05, 0) is 24.5 Å². The summed E-state index contributed by atoms with van der Waals surface area (Å²) in [6.07, 6.45) is 5.49. The normalized spacial score (nSPS) is 11.5. The Morgan fingerprint density at radius 1 is 1.32 bits per heavy atom. The Hall–Kier alpha value is -2.17. The van der Waals surface area contributed by atoms with Gasteiger partial charge >= 0.3 is 0 Å². The number of rotatable bonds is 4. The molecule has 0 fully saturated rings. The Kier molecular flexibility index (Phi) is 3.03. The van der Waals surface area contributed by atoms with E-state index in [1.54, 1.807) is 6.20 Å². The monoisotopic (exact) mass is 256 g/mol. The van der Waals surface area contributed by atoms with Crippen molar-refractivity contribution in [3.63, 3.8) is 0 Å². The van der Waals surface area contributed by atoms with E-state index in [-0.39, 0.29) is 0 Å². The molecule has 0 aliphatic heterocycles. The Morgan fingerprint density at radius 2 is 2.21 bits per heavy atom. The molecule has 19 heavy (non-hydrogen) atoms. The SMILES string of the molecule is CC(C)CCc1nc(-c2ccnc3[nH]ccc23)no1. The summed E-state index contributed by atoms with van der Waals surface area (Å²) >= 11 is 0. The molecule has 5 heteroatoms. The van der Waals surface area contributed by atoms with E-state index < -0.39 is 0 Å². The zero-order valence-electron chi connectivity index (χ0n) is 11.1. The molecule has 0 spiro atoms. The van der Waals surface area contributed by atoms with Crippen molar-refractivity contribution in [2.75, 3.05) is 0 Å². The summed E-state index contributed by atoms with van der Waals surface area (Å²) in [5.41, 5.74) is 1.79. The van der Waals surface area contributed by atoms with Crippen LogP contribution >= 0.6 is 0 Å². The maximum atomic E-state index is 5.30. The molecule has 3 rings (SSSR count). The number of nitrogens with zero attached hydrogens (tertiary/aromatic N) is 3. The van der Waals surface area contributed by atoms with Gasteiger partial charge in [0.2, 0.25) is 11.7 Å². The molecule has 0 saturated heterocycles. The highest BCUT2D eigenvalue weighted by Gasteiger charge is 2.12. The molecular weight excluding hydrogens is 240 g/mol. The summed E-state index contributed by atoms with van der Waals surface area (Å²) in [6.45, 7) is 4.37. The van der Waals surface area contributed by atoms with Crippen molar-refractivity contribution >= 4 is 11.0 Å². The van der Waals surface area contributed by atoms with E-state index in [1.165, 1.54) is 0 Å². The van der Waals surface area contributed by atoms with Crippen molar-refractivity contribution in [1.29, 1.82) is 0 Å². The Balaban J connectivity index is 1.92. The predicted molar refractivity (Wildman–Crippen MR) is 72.5 cm³/mol. The van der Waals surface area contributed by atoms with Crippen molar-refractivity contribution in [3.8, 4) is 11.4 Å². The van der Waals surface area contributed by atoms with Gasteiger partial charge in [-0.25, -0.2) is 4.98 Å². The third kappa shape index (κ3) is 2.36. The highest BCUT2D eigenvalue weighted by Crippen LogP contribution is 2.24. The topological polar surface area (TPSA) is 67.6 Å². The standard InChI is InChI=1S/C14H16N4O/c1-9(2)3-4-12-17-14(18-19-12)11-6-8-16-13-10(11)5-7-15-13/h5-9H,3-4H2,1-2H3,(H,15,16). The number of H-pyrrole nitrogens is 1. The van der Waals surface area contributed by atoms with Crippen molar-refractivity contribution in [2.24, 2.45) is 5.92 Å². The molecule has 5 nitrogen and oxygen atoms in total. The van der Waals surface area contributed by atoms with E-state index in [0.29, 0.717) is 17.6 Å². The second-order valence-electron chi connectivity index (χ2n) is 5.04. The molecule has 98 valence electrons. The lowest BCUT2D eigenvalue weighted by atomic mass is 10.1. The van der Waals surface area contributed by atoms with Crippen molar-refractivity contribution in [3.05, 3.63) is 30.4 Å². The second kappa shape index (κ2) is 4.84. The van der Waals surface area contributed by atoms with Crippen LogP contribution in [0.25, 0.3) is 22.4 Å². The third-order valence-corrected chi connectivity index (χ3v) is 3.10. The average Bonchev–Trinajstić information content (AvgIpc) is 3.04. The van der Waals surface area contributed by atoms with Gasteiger partial charge in [0.1, 0.15) is 5.65 Å². The summed E-state index contributed by atoms with van der Waals surface area (Å²) in [7, 11) is 0. The number of nitrogens with one attached hydrogen (secondary N) is 1. The highest BCUT2D eigenvalue weighted by atomic mass is 16.5. The first-order valence-electron chi connectivity index (χ1n) is 6.49. The van der Waals surface area contributed by atoms with E-state index in [4.69, 9.17) is 4.52 Å². The van der Waals surface area contributed by atoms with Crippen LogP contribution in [-0.4, -0.2) is 20.1 Å². The number of pyridine rings is 1. The molecule has 0 aromatic carbocycles. The second-order valence-corrected chi connectivity index (χ2v) is 5.04. The number of aromatic amines is 1. The molecule has 0 unspecified atom stereocenters. The van der Waals surface area contributed by atoms with Crippen LogP contribution in [0.2, 0.25) is 0 Å². The molecule has 0 aliphatic rings. The molecule has 3 aromatic heterocycles. The summed E-state index contributed by atoms with van der Waals surface area (Å²) in [4.78, 5) is 11.8. The number of aryl methyl sites for hydroxylation is 1. The summed E-state index contributed by atoms with van der Waals surface area (Å²) in [5.74, 6) is 1.96. The fourth-order valence-electron chi connectivity index (χ4n) is 2.03. The minimum atomic E-state index is 0.630. The summed E-state index contributed by atoms with van der Waals surface area (Å²) < 4.78 is 5.30.